The lowest BCUT2D eigenvalue weighted by atomic mass is 9.85. The molecule has 1 N–H and O–H groups in total. The zero-order valence-electron chi connectivity index (χ0n) is 15.9. The van der Waals surface area contributed by atoms with Gasteiger partial charge in [0.1, 0.15) is 5.82 Å². The number of halogens is 1. The van der Waals surface area contributed by atoms with Crippen LogP contribution < -0.4 is 5.32 Å². The molecule has 0 bridgehead atoms. The molecule has 0 saturated carbocycles. The number of hydrogen-bond acceptors (Lipinski definition) is 4. The first-order valence-corrected chi connectivity index (χ1v) is 9.54. The molecule has 1 aromatic carbocycles. The molecule has 2 fully saturated rings. The summed E-state index contributed by atoms with van der Waals surface area (Å²) in [6, 6.07) is 6.31. The second-order valence-electron chi connectivity index (χ2n) is 7.50. The van der Waals surface area contributed by atoms with Crippen LogP contribution in [0.15, 0.2) is 24.3 Å². The molecule has 7 heteroatoms. The summed E-state index contributed by atoms with van der Waals surface area (Å²) in [5.74, 6) is -0.0809. The van der Waals surface area contributed by atoms with Crippen molar-refractivity contribution in [2.45, 2.75) is 19.3 Å². The third-order valence-corrected chi connectivity index (χ3v) is 5.62. The fraction of sp³-hybridized carbons (Fsp3) is 0.600. The Bertz CT molecular complexity index is 667. The van der Waals surface area contributed by atoms with Crippen molar-refractivity contribution in [1.82, 2.24) is 15.1 Å². The monoisotopic (exact) mass is 377 g/mol. The van der Waals surface area contributed by atoms with Crippen LogP contribution >= 0.6 is 0 Å². The number of hydrogen-bond donors (Lipinski definition) is 1. The maximum atomic E-state index is 12.9. The first kappa shape index (κ1) is 19.8. The van der Waals surface area contributed by atoms with Gasteiger partial charge in [-0.2, -0.15) is 0 Å². The van der Waals surface area contributed by atoms with Gasteiger partial charge in [-0.3, -0.25) is 14.5 Å². The van der Waals surface area contributed by atoms with E-state index in [0.29, 0.717) is 39.2 Å². The average molecular weight is 377 g/mol. The molecule has 1 aromatic rings. The van der Waals surface area contributed by atoms with Gasteiger partial charge in [0.2, 0.25) is 11.8 Å². The largest absolute Gasteiger partial charge is 0.383 e. The number of likely N-dealkylation sites (tertiary alicyclic amines) is 2. The first-order valence-electron chi connectivity index (χ1n) is 9.54. The molecule has 3 rings (SSSR count). The second kappa shape index (κ2) is 8.80. The first-order chi connectivity index (χ1) is 13.0. The van der Waals surface area contributed by atoms with E-state index in [1.807, 2.05) is 4.90 Å². The predicted molar refractivity (Wildman–Crippen MR) is 99.7 cm³/mol. The third-order valence-electron chi connectivity index (χ3n) is 5.62. The van der Waals surface area contributed by atoms with Crippen LogP contribution in [0.3, 0.4) is 0 Å². The molecule has 6 nitrogen and oxygen atoms in total. The van der Waals surface area contributed by atoms with Crippen LogP contribution in [-0.2, 0) is 20.7 Å². The van der Waals surface area contributed by atoms with Gasteiger partial charge in [0, 0.05) is 33.3 Å². The Balaban J connectivity index is 1.41. The van der Waals surface area contributed by atoms with Crippen LogP contribution in [0.2, 0.25) is 0 Å². The molecular formula is C20H28FN3O3. The lowest BCUT2D eigenvalue weighted by Gasteiger charge is -2.23. The van der Waals surface area contributed by atoms with Gasteiger partial charge in [-0.05, 0) is 43.5 Å². The van der Waals surface area contributed by atoms with Crippen LogP contribution in [0.1, 0.15) is 18.4 Å². The molecule has 0 aliphatic carbocycles. The fourth-order valence-corrected chi connectivity index (χ4v) is 4.04. The molecule has 2 heterocycles. The quantitative estimate of drug-likeness (QED) is 0.736. The number of benzene rings is 1. The van der Waals surface area contributed by atoms with Gasteiger partial charge in [0.15, 0.2) is 0 Å². The lowest BCUT2D eigenvalue weighted by Crippen LogP contribution is -2.41. The zero-order valence-corrected chi connectivity index (χ0v) is 15.9. The van der Waals surface area contributed by atoms with Gasteiger partial charge in [-0.25, -0.2) is 4.39 Å². The molecule has 148 valence electrons. The van der Waals surface area contributed by atoms with Crippen LogP contribution in [-0.4, -0.2) is 74.6 Å². The number of rotatable bonds is 8. The van der Waals surface area contributed by atoms with E-state index < -0.39 is 0 Å². The highest BCUT2D eigenvalue weighted by Gasteiger charge is 2.50. The number of nitrogens with one attached hydrogen (secondary N) is 1. The highest BCUT2D eigenvalue weighted by atomic mass is 19.1. The number of amides is 2. The van der Waals surface area contributed by atoms with E-state index in [1.165, 1.54) is 12.1 Å². The summed E-state index contributed by atoms with van der Waals surface area (Å²) in [5, 5.41) is 2.91. The topological polar surface area (TPSA) is 61.9 Å². The summed E-state index contributed by atoms with van der Waals surface area (Å²) in [6.07, 6.45) is 2.35. The number of carbonyl (C=O) groups excluding carboxylic acids is 2. The van der Waals surface area contributed by atoms with Crippen molar-refractivity contribution in [2.75, 3.05) is 53.0 Å². The van der Waals surface area contributed by atoms with Crippen molar-refractivity contribution >= 4 is 11.8 Å². The Morgan fingerprint density at radius 2 is 2.00 bits per heavy atom. The van der Waals surface area contributed by atoms with E-state index in [1.54, 1.807) is 19.2 Å². The Kier molecular flexibility index (Phi) is 6.44. The van der Waals surface area contributed by atoms with Gasteiger partial charge in [-0.15, -0.1) is 0 Å². The van der Waals surface area contributed by atoms with Crippen molar-refractivity contribution in [3.8, 4) is 0 Å². The van der Waals surface area contributed by atoms with E-state index >= 15 is 0 Å². The Labute approximate surface area is 159 Å². The minimum absolute atomic E-state index is 0.0316. The minimum atomic E-state index is -0.317. The third kappa shape index (κ3) is 4.84. The smallest absolute Gasteiger partial charge is 0.234 e. The molecule has 27 heavy (non-hydrogen) atoms. The number of ether oxygens (including phenoxy) is 1. The molecule has 1 atom stereocenters. The Hall–Kier alpha value is -1.99. The highest BCUT2D eigenvalue weighted by Crippen LogP contribution is 2.40. The number of nitrogens with zero attached hydrogens (tertiary/aromatic N) is 2. The van der Waals surface area contributed by atoms with E-state index in [0.717, 1.165) is 31.5 Å². The van der Waals surface area contributed by atoms with Crippen LogP contribution in [0.4, 0.5) is 4.39 Å². The normalized spacial score (nSPS) is 22.7. The molecule has 2 saturated heterocycles. The van der Waals surface area contributed by atoms with Gasteiger partial charge >= 0.3 is 0 Å². The van der Waals surface area contributed by atoms with E-state index in [-0.39, 0.29) is 23.0 Å². The van der Waals surface area contributed by atoms with Gasteiger partial charge < -0.3 is 15.0 Å². The maximum Gasteiger partial charge on any atom is 0.234 e. The summed E-state index contributed by atoms with van der Waals surface area (Å²) in [7, 11) is 1.64. The molecule has 2 aliphatic rings. The van der Waals surface area contributed by atoms with Crippen LogP contribution in [0.5, 0.6) is 0 Å². The van der Waals surface area contributed by atoms with Crippen molar-refractivity contribution in [3.63, 3.8) is 0 Å². The fourth-order valence-electron chi connectivity index (χ4n) is 4.04. The van der Waals surface area contributed by atoms with Crippen molar-refractivity contribution in [1.29, 1.82) is 0 Å². The summed E-state index contributed by atoms with van der Waals surface area (Å²) >= 11 is 0. The van der Waals surface area contributed by atoms with Crippen molar-refractivity contribution in [2.24, 2.45) is 5.41 Å². The zero-order chi connectivity index (χ0) is 19.3. The van der Waals surface area contributed by atoms with E-state index in [2.05, 4.69) is 10.2 Å². The lowest BCUT2D eigenvalue weighted by molar-refractivity contribution is -0.136. The second-order valence-corrected chi connectivity index (χ2v) is 7.50. The highest BCUT2D eigenvalue weighted by molar-refractivity contribution is 5.86. The van der Waals surface area contributed by atoms with Crippen molar-refractivity contribution in [3.05, 3.63) is 35.6 Å². The van der Waals surface area contributed by atoms with Crippen molar-refractivity contribution < 1.29 is 18.7 Å². The van der Waals surface area contributed by atoms with E-state index in [4.69, 9.17) is 4.74 Å². The maximum absolute atomic E-state index is 12.9. The average Bonchev–Trinajstić information content (AvgIpc) is 3.20. The van der Waals surface area contributed by atoms with E-state index in [9.17, 15) is 14.0 Å². The molecule has 1 unspecified atom stereocenters. The molecule has 1 spiro atoms. The van der Waals surface area contributed by atoms with Gasteiger partial charge in [0.25, 0.3) is 0 Å². The Morgan fingerprint density at radius 1 is 1.26 bits per heavy atom. The SMILES string of the molecule is COCCN1CCC2(CCN(CC(=O)NCCc3ccc(F)cc3)C2)C1=O. The summed E-state index contributed by atoms with van der Waals surface area (Å²) in [4.78, 5) is 28.9. The molecule has 0 radical (unpaired) electrons. The minimum Gasteiger partial charge on any atom is -0.383 e. The number of carbonyl (C=O) groups is 2. The molecule has 2 aliphatic heterocycles. The predicted octanol–water partition coefficient (Wildman–Crippen LogP) is 1.06. The van der Waals surface area contributed by atoms with Crippen LogP contribution in [0.25, 0.3) is 0 Å². The molecule has 2 amide bonds. The summed E-state index contributed by atoms with van der Waals surface area (Å²) in [5.41, 5.74) is 0.673. The summed E-state index contributed by atoms with van der Waals surface area (Å²) in [6.45, 7) is 4.24. The molecular weight excluding hydrogens is 349 g/mol. The molecule has 0 aromatic heterocycles. The number of methoxy groups -OCH3 is 1. The standard InChI is InChI=1S/C20H28FN3O3/c1-27-13-12-24-11-8-20(19(24)26)7-10-23(15-20)14-18(25)22-9-6-16-2-4-17(21)5-3-16/h2-5H,6-15H2,1H3,(H,22,25). The van der Waals surface area contributed by atoms with Crippen LogP contribution in [0, 0.1) is 11.2 Å². The van der Waals surface area contributed by atoms with Gasteiger partial charge in [0.05, 0.1) is 18.6 Å². The summed E-state index contributed by atoms with van der Waals surface area (Å²) < 4.78 is 18.0. The Morgan fingerprint density at radius 3 is 2.74 bits per heavy atom. The van der Waals surface area contributed by atoms with Gasteiger partial charge in [-0.1, -0.05) is 12.1 Å².